The molecule has 2 aromatic rings. The van der Waals surface area contributed by atoms with Crippen molar-refractivity contribution in [1.29, 1.82) is 0 Å². The maximum Gasteiger partial charge on any atom is 0.0749 e. The molecule has 0 radical (unpaired) electrons. The van der Waals surface area contributed by atoms with Gasteiger partial charge in [0, 0.05) is 24.8 Å². The molecule has 0 aromatic carbocycles. The average Bonchev–Trinajstić information content (AvgIpc) is 2.96. The molecule has 0 bridgehead atoms. The van der Waals surface area contributed by atoms with Gasteiger partial charge in [-0.25, -0.2) is 0 Å². The van der Waals surface area contributed by atoms with Crippen molar-refractivity contribution in [2.24, 2.45) is 0 Å². The number of hydrogen-bond donors (Lipinski definition) is 0. The topological polar surface area (TPSA) is 35.6 Å². The van der Waals surface area contributed by atoms with E-state index in [0.29, 0.717) is 6.04 Å². The van der Waals surface area contributed by atoms with Crippen LogP contribution in [-0.2, 0) is 6.54 Å². The fraction of sp³-hybridized carbons (Fsp3) is 0.333. The number of rotatable bonds is 5. The molecule has 2 aromatic heterocycles. The second kappa shape index (κ2) is 5.30. The van der Waals surface area contributed by atoms with Gasteiger partial charge in [0.2, 0.25) is 0 Å². The minimum atomic E-state index is 0.325. The fourth-order valence-electron chi connectivity index (χ4n) is 1.68. The zero-order valence-corrected chi connectivity index (χ0v) is 9.40. The average molecular weight is 216 g/mol. The lowest BCUT2D eigenvalue weighted by Crippen LogP contribution is -2.16. The van der Waals surface area contributed by atoms with Crippen LogP contribution in [0.5, 0.6) is 0 Å². The highest BCUT2D eigenvalue weighted by atomic mass is 15.3. The lowest BCUT2D eigenvalue weighted by Gasteiger charge is -2.15. The van der Waals surface area contributed by atoms with Crippen molar-refractivity contribution in [3.63, 3.8) is 0 Å². The van der Waals surface area contributed by atoms with Gasteiger partial charge in [0.25, 0.3) is 0 Å². The van der Waals surface area contributed by atoms with E-state index in [1.807, 2.05) is 47.0 Å². The second-order valence-corrected chi connectivity index (χ2v) is 3.67. The molecule has 4 heteroatoms. The number of aromatic nitrogens is 4. The van der Waals surface area contributed by atoms with Gasteiger partial charge in [-0.15, -0.1) is 0 Å². The van der Waals surface area contributed by atoms with Gasteiger partial charge in [-0.05, 0) is 25.5 Å². The van der Waals surface area contributed by atoms with Crippen LogP contribution in [0.25, 0.3) is 0 Å². The molecule has 0 amide bonds. The Bertz CT molecular complexity index is 414. The molecular formula is C12H16N4. The molecular weight excluding hydrogens is 200 g/mol. The van der Waals surface area contributed by atoms with E-state index in [2.05, 4.69) is 22.3 Å². The van der Waals surface area contributed by atoms with Crippen LogP contribution in [0.1, 0.15) is 19.4 Å². The fourth-order valence-corrected chi connectivity index (χ4v) is 1.68. The highest BCUT2D eigenvalue weighted by Crippen LogP contribution is 2.13. The lowest BCUT2D eigenvalue weighted by atomic mass is 10.2. The van der Waals surface area contributed by atoms with E-state index >= 15 is 0 Å². The maximum atomic E-state index is 4.29. The van der Waals surface area contributed by atoms with Gasteiger partial charge < -0.3 is 0 Å². The van der Waals surface area contributed by atoms with Crippen LogP contribution in [0.3, 0.4) is 0 Å². The number of allylic oxidation sites excluding steroid dienone is 2. The van der Waals surface area contributed by atoms with Crippen LogP contribution < -0.4 is 0 Å². The van der Waals surface area contributed by atoms with Gasteiger partial charge in [0.1, 0.15) is 0 Å². The van der Waals surface area contributed by atoms with E-state index in [1.165, 1.54) is 0 Å². The highest BCUT2D eigenvalue weighted by molar-refractivity contribution is 4.88. The molecule has 0 aliphatic carbocycles. The number of nitrogens with zero attached hydrogens (tertiary/aromatic N) is 4. The van der Waals surface area contributed by atoms with Crippen LogP contribution in [0.15, 0.2) is 49.1 Å². The molecule has 84 valence electrons. The van der Waals surface area contributed by atoms with Gasteiger partial charge in [-0.2, -0.15) is 10.2 Å². The van der Waals surface area contributed by atoms with Gasteiger partial charge >= 0.3 is 0 Å². The molecule has 1 unspecified atom stereocenters. The molecule has 0 saturated heterocycles. The van der Waals surface area contributed by atoms with Crippen molar-refractivity contribution in [3.05, 3.63) is 49.1 Å². The monoisotopic (exact) mass is 216 g/mol. The van der Waals surface area contributed by atoms with Gasteiger partial charge in [0.15, 0.2) is 0 Å². The van der Waals surface area contributed by atoms with Crippen molar-refractivity contribution in [1.82, 2.24) is 19.6 Å². The Balaban J connectivity index is 2.09. The summed E-state index contributed by atoms with van der Waals surface area (Å²) in [5.74, 6) is 0. The summed E-state index contributed by atoms with van der Waals surface area (Å²) in [6.07, 6.45) is 12.8. The third kappa shape index (κ3) is 2.59. The van der Waals surface area contributed by atoms with E-state index in [9.17, 15) is 0 Å². The predicted molar refractivity (Wildman–Crippen MR) is 62.9 cm³/mol. The third-order valence-corrected chi connectivity index (χ3v) is 2.50. The van der Waals surface area contributed by atoms with Crippen LogP contribution in [-0.4, -0.2) is 19.6 Å². The summed E-state index contributed by atoms with van der Waals surface area (Å²) in [4.78, 5) is 0. The normalized spacial score (nSPS) is 13.3. The van der Waals surface area contributed by atoms with Crippen molar-refractivity contribution >= 4 is 0 Å². The SMILES string of the molecule is CC=CCC(Cn1cccn1)n1cccn1. The zero-order chi connectivity index (χ0) is 11.2. The summed E-state index contributed by atoms with van der Waals surface area (Å²) >= 11 is 0. The van der Waals surface area contributed by atoms with E-state index in [1.54, 1.807) is 6.20 Å². The van der Waals surface area contributed by atoms with Crippen molar-refractivity contribution < 1.29 is 0 Å². The second-order valence-electron chi connectivity index (χ2n) is 3.67. The van der Waals surface area contributed by atoms with Gasteiger partial charge in [-0.1, -0.05) is 12.2 Å². The van der Waals surface area contributed by atoms with Gasteiger partial charge in [0.05, 0.1) is 12.6 Å². The molecule has 0 N–H and O–H groups in total. The lowest BCUT2D eigenvalue weighted by molar-refractivity contribution is 0.380. The van der Waals surface area contributed by atoms with Crippen molar-refractivity contribution in [2.45, 2.75) is 25.9 Å². The van der Waals surface area contributed by atoms with Crippen LogP contribution in [0, 0.1) is 0 Å². The Kier molecular flexibility index (Phi) is 3.53. The molecule has 0 fully saturated rings. The van der Waals surface area contributed by atoms with Gasteiger partial charge in [-0.3, -0.25) is 9.36 Å². The smallest absolute Gasteiger partial charge is 0.0749 e. The Morgan fingerprint density at radius 1 is 1.19 bits per heavy atom. The maximum absolute atomic E-state index is 4.29. The predicted octanol–water partition coefficient (Wildman–Crippen LogP) is 2.29. The number of hydrogen-bond acceptors (Lipinski definition) is 2. The molecule has 0 saturated carbocycles. The molecule has 0 spiro atoms. The quantitative estimate of drug-likeness (QED) is 0.719. The Hall–Kier alpha value is -1.84. The summed E-state index contributed by atoms with van der Waals surface area (Å²) < 4.78 is 3.93. The largest absolute Gasteiger partial charge is 0.271 e. The first kappa shape index (κ1) is 10.7. The Morgan fingerprint density at radius 3 is 2.62 bits per heavy atom. The first-order chi connectivity index (χ1) is 7.90. The first-order valence-corrected chi connectivity index (χ1v) is 5.48. The zero-order valence-electron chi connectivity index (χ0n) is 9.40. The summed E-state index contributed by atoms with van der Waals surface area (Å²) in [6, 6.07) is 4.22. The van der Waals surface area contributed by atoms with Crippen LogP contribution in [0.2, 0.25) is 0 Å². The molecule has 2 heterocycles. The summed E-state index contributed by atoms with van der Waals surface area (Å²) in [5, 5.41) is 8.52. The summed E-state index contributed by atoms with van der Waals surface area (Å²) in [5.41, 5.74) is 0. The van der Waals surface area contributed by atoms with Crippen molar-refractivity contribution in [3.8, 4) is 0 Å². The molecule has 0 aliphatic heterocycles. The molecule has 2 rings (SSSR count). The van der Waals surface area contributed by atoms with E-state index in [0.717, 1.165) is 13.0 Å². The van der Waals surface area contributed by atoms with E-state index in [-0.39, 0.29) is 0 Å². The van der Waals surface area contributed by atoms with E-state index in [4.69, 9.17) is 0 Å². The molecule has 4 nitrogen and oxygen atoms in total. The van der Waals surface area contributed by atoms with E-state index < -0.39 is 0 Å². The summed E-state index contributed by atoms with van der Waals surface area (Å²) in [7, 11) is 0. The summed E-state index contributed by atoms with van der Waals surface area (Å²) in [6.45, 7) is 2.88. The minimum absolute atomic E-state index is 0.325. The highest BCUT2D eigenvalue weighted by Gasteiger charge is 2.10. The third-order valence-electron chi connectivity index (χ3n) is 2.50. The standard InChI is InChI=1S/C12H16N4/c1-2-3-6-12(16-10-5-8-14-16)11-15-9-4-7-13-15/h2-5,7-10,12H,6,11H2,1H3. The van der Waals surface area contributed by atoms with Crippen LogP contribution in [0.4, 0.5) is 0 Å². The minimum Gasteiger partial charge on any atom is -0.271 e. The van der Waals surface area contributed by atoms with Crippen LogP contribution >= 0.6 is 0 Å². The molecule has 16 heavy (non-hydrogen) atoms. The molecule has 0 aliphatic rings. The van der Waals surface area contributed by atoms with Crippen molar-refractivity contribution in [2.75, 3.05) is 0 Å². The molecule has 1 atom stereocenters. The Labute approximate surface area is 95.2 Å². The Morgan fingerprint density at radius 2 is 2.00 bits per heavy atom. The first-order valence-electron chi connectivity index (χ1n) is 5.48.